The van der Waals surface area contributed by atoms with Crippen molar-refractivity contribution in [1.82, 2.24) is 10.6 Å². The first-order valence-electron chi connectivity index (χ1n) is 6.90. The van der Waals surface area contributed by atoms with Gasteiger partial charge in [0.05, 0.1) is 5.92 Å². The molecule has 3 N–H and O–H groups in total. The summed E-state index contributed by atoms with van der Waals surface area (Å²) in [6, 6.07) is -0.393. The molecule has 2 aliphatic rings. The Morgan fingerprint density at radius 2 is 2.00 bits per heavy atom. The van der Waals surface area contributed by atoms with Crippen molar-refractivity contribution in [2.75, 3.05) is 6.54 Å². The topological polar surface area (TPSA) is 78.4 Å². The summed E-state index contributed by atoms with van der Waals surface area (Å²) >= 11 is 0. The number of carbonyl (C=O) groups excluding carboxylic acids is 1. The molecule has 0 aliphatic heterocycles. The molecule has 2 bridgehead atoms. The van der Waals surface area contributed by atoms with E-state index in [2.05, 4.69) is 17.6 Å². The quantitative estimate of drug-likeness (QED) is 0.652. The normalized spacial score (nSPS) is 33.4. The molecule has 102 valence electrons. The van der Waals surface area contributed by atoms with E-state index in [4.69, 9.17) is 0 Å². The van der Waals surface area contributed by atoms with Crippen LogP contribution in [0, 0.1) is 17.8 Å². The van der Waals surface area contributed by atoms with Crippen molar-refractivity contribution in [2.45, 2.75) is 45.1 Å². The van der Waals surface area contributed by atoms with E-state index < -0.39 is 5.97 Å². The second-order valence-electron chi connectivity index (χ2n) is 5.48. The Labute approximate surface area is 107 Å². The van der Waals surface area contributed by atoms with Crippen LogP contribution in [-0.4, -0.2) is 29.7 Å². The van der Waals surface area contributed by atoms with Crippen molar-refractivity contribution in [3.05, 3.63) is 0 Å². The Morgan fingerprint density at radius 3 is 2.67 bits per heavy atom. The molecule has 0 spiro atoms. The number of hydrogen-bond donors (Lipinski definition) is 3. The van der Waals surface area contributed by atoms with E-state index in [-0.39, 0.29) is 23.9 Å². The van der Waals surface area contributed by atoms with Crippen molar-refractivity contribution < 1.29 is 14.7 Å². The Kier molecular flexibility index (Phi) is 4.09. The molecule has 0 aromatic carbocycles. The molecule has 0 aromatic rings. The summed E-state index contributed by atoms with van der Waals surface area (Å²) in [5.74, 6) is -0.539. The second-order valence-corrected chi connectivity index (χ2v) is 5.48. The summed E-state index contributed by atoms with van der Waals surface area (Å²) in [7, 11) is 0. The van der Waals surface area contributed by atoms with Crippen molar-refractivity contribution in [1.29, 1.82) is 0 Å². The van der Waals surface area contributed by atoms with Crippen LogP contribution in [0.5, 0.6) is 0 Å². The van der Waals surface area contributed by atoms with Crippen LogP contribution in [0.1, 0.15) is 39.0 Å². The minimum atomic E-state index is -0.763. The third-order valence-corrected chi connectivity index (χ3v) is 4.32. The lowest BCUT2D eigenvalue weighted by molar-refractivity contribution is -0.144. The van der Waals surface area contributed by atoms with Gasteiger partial charge in [0.15, 0.2) is 0 Å². The van der Waals surface area contributed by atoms with E-state index in [1.165, 1.54) is 0 Å². The molecular weight excluding hydrogens is 232 g/mol. The minimum absolute atomic E-state index is 0.178. The maximum Gasteiger partial charge on any atom is 0.315 e. The molecule has 5 nitrogen and oxygen atoms in total. The van der Waals surface area contributed by atoms with E-state index in [1.807, 2.05) is 0 Å². The molecule has 2 rings (SSSR count). The highest BCUT2D eigenvalue weighted by molar-refractivity contribution is 5.77. The lowest BCUT2D eigenvalue weighted by Crippen LogP contribution is -2.50. The molecule has 0 aromatic heterocycles. The van der Waals surface area contributed by atoms with Gasteiger partial charge in [-0.05, 0) is 37.5 Å². The molecule has 2 fully saturated rings. The Morgan fingerprint density at radius 1 is 1.28 bits per heavy atom. The summed E-state index contributed by atoms with van der Waals surface area (Å²) in [6.07, 6.45) is 4.99. The van der Waals surface area contributed by atoms with Gasteiger partial charge in [0.1, 0.15) is 0 Å². The van der Waals surface area contributed by atoms with Crippen LogP contribution >= 0.6 is 0 Å². The van der Waals surface area contributed by atoms with Gasteiger partial charge in [-0.1, -0.05) is 13.3 Å². The second kappa shape index (κ2) is 5.59. The number of carboxylic acid groups (broad SMARTS) is 1. The van der Waals surface area contributed by atoms with Gasteiger partial charge < -0.3 is 15.7 Å². The molecule has 0 radical (unpaired) electrons. The predicted octanol–water partition coefficient (Wildman–Crippen LogP) is 1.58. The van der Waals surface area contributed by atoms with Gasteiger partial charge in [0.2, 0.25) is 0 Å². The molecule has 4 atom stereocenters. The van der Waals surface area contributed by atoms with Crippen LogP contribution in [0.15, 0.2) is 0 Å². The van der Waals surface area contributed by atoms with Gasteiger partial charge >= 0.3 is 12.0 Å². The van der Waals surface area contributed by atoms with Gasteiger partial charge in [-0.15, -0.1) is 0 Å². The van der Waals surface area contributed by atoms with E-state index in [1.54, 1.807) is 0 Å². The average Bonchev–Trinajstić information content (AvgIpc) is 2.89. The van der Waals surface area contributed by atoms with Crippen molar-refractivity contribution >= 4 is 12.0 Å². The summed E-state index contributed by atoms with van der Waals surface area (Å²) in [5, 5.41) is 14.9. The molecule has 0 heterocycles. The highest BCUT2D eigenvalue weighted by Crippen LogP contribution is 2.48. The van der Waals surface area contributed by atoms with Crippen molar-refractivity contribution in [3.8, 4) is 0 Å². The fourth-order valence-corrected chi connectivity index (χ4v) is 3.44. The van der Waals surface area contributed by atoms with E-state index in [0.717, 1.165) is 32.1 Å². The fraction of sp³-hybridized carbons (Fsp3) is 0.846. The Balaban J connectivity index is 1.87. The van der Waals surface area contributed by atoms with Crippen LogP contribution in [0.4, 0.5) is 4.79 Å². The lowest BCUT2D eigenvalue weighted by atomic mass is 9.84. The maximum absolute atomic E-state index is 11.7. The summed E-state index contributed by atoms with van der Waals surface area (Å²) in [5.41, 5.74) is 0. The van der Waals surface area contributed by atoms with Gasteiger partial charge in [0, 0.05) is 12.6 Å². The van der Waals surface area contributed by atoms with Gasteiger partial charge in [-0.25, -0.2) is 4.79 Å². The number of carboxylic acids is 1. The molecular formula is C13H22N2O3. The van der Waals surface area contributed by atoms with E-state index in [0.29, 0.717) is 12.5 Å². The largest absolute Gasteiger partial charge is 0.481 e. The number of nitrogens with one attached hydrogen (secondary N) is 2. The first kappa shape index (κ1) is 13.2. The Bertz CT molecular complexity index is 332. The minimum Gasteiger partial charge on any atom is -0.481 e. The third kappa shape index (κ3) is 2.60. The zero-order valence-electron chi connectivity index (χ0n) is 10.8. The summed E-state index contributed by atoms with van der Waals surface area (Å²) in [4.78, 5) is 23.0. The number of amides is 2. The average molecular weight is 254 g/mol. The smallest absolute Gasteiger partial charge is 0.315 e. The summed E-state index contributed by atoms with van der Waals surface area (Å²) < 4.78 is 0. The van der Waals surface area contributed by atoms with Gasteiger partial charge in [0.25, 0.3) is 0 Å². The SMILES string of the molecule is CCCCNC(=O)NC1C2CCC(C2)C1C(=O)O. The summed E-state index contributed by atoms with van der Waals surface area (Å²) in [6.45, 7) is 2.72. The fourth-order valence-electron chi connectivity index (χ4n) is 3.44. The standard InChI is InChI=1S/C13H22N2O3/c1-2-3-6-14-13(18)15-11-9-5-4-8(7-9)10(11)12(16)17/h8-11H,2-7H2,1H3,(H,16,17)(H2,14,15,18). The van der Waals surface area contributed by atoms with Crippen LogP contribution in [0.25, 0.3) is 0 Å². The number of fused-ring (bicyclic) bond motifs is 2. The van der Waals surface area contributed by atoms with Crippen molar-refractivity contribution in [2.24, 2.45) is 17.8 Å². The number of rotatable bonds is 5. The highest BCUT2D eigenvalue weighted by Gasteiger charge is 2.51. The Hall–Kier alpha value is -1.26. The first-order chi connectivity index (χ1) is 8.63. The van der Waals surface area contributed by atoms with Crippen LogP contribution < -0.4 is 10.6 Å². The number of aliphatic carboxylic acids is 1. The predicted molar refractivity (Wildman–Crippen MR) is 67.2 cm³/mol. The lowest BCUT2D eigenvalue weighted by Gasteiger charge is -2.28. The molecule has 18 heavy (non-hydrogen) atoms. The number of unbranched alkanes of at least 4 members (excludes halogenated alkanes) is 1. The van der Waals surface area contributed by atoms with Crippen molar-refractivity contribution in [3.63, 3.8) is 0 Å². The number of carbonyl (C=O) groups is 2. The highest BCUT2D eigenvalue weighted by atomic mass is 16.4. The molecule has 5 heteroatoms. The third-order valence-electron chi connectivity index (χ3n) is 4.32. The molecule has 2 amide bonds. The van der Waals surface area contributed by atoms with Crippen LogP contribution in [0.3, 0.4) is 0 Å². The molecule has 4 unspecified atom stereocenters. The number of urea groups is 1. The molecule has 2 aliphatic carbocycles. The van der Waals surface area contributed by atoms with Gasteiger partial charge in [-0.3, -0.25) is 4.79 Å². The van der Waals surface area contributed by atoms with Crippen LogP contribution in [-0.2, 0) is 4.79 Å². The van der Waals surface area contributed by atoms with Crippen LogP contribution in [0.2, 0.25) is 0 Å². The van der Waals surface area contributed by atoms with Gasteiger partial charge in [-0.2, -0.15) is 0 Å². The zero-order chi connectivity index (χ0) is 13.1. The molecule has 2 saturated carbocycles. The maximum atomic E-state index is 11.7. The zero-order valence-corrected chi connectivity index (χ0v) is 10.8. The first-order valence-corrected chi connectivity index (χ1v) is 6.90. The molecule has 0 saturated heterocycles. The number of hydrogen-bond acceptors (Lipinski definition) is 2. The monoisotopic (exact) mass is 254 g/mol. The van der Waals surface area contributed by atoms with E-state index >= 15 is 0 Å². The van der Waals surface area contributed by atoms with E-state index in [9.17, 15) is 14.7 Å².